The third kappa shape index (κ3) is 4.09. The van der Waals surface area contributed by atoms with E-state index < -0.39 is 16.9 Å². The molecule has 0 saturated heterocycles. The van der Waals surface area contributed by atoms with E-state index in [0.717, 1.165) is 13.2 Å². The van der Waals surface area contributed by atoms with E-state index in [0.29, 0.717) is 5.56 Å². The average molecular weight is 412 g/mol. The third-order valence-electron chi connectivity index (χ3n) is 3.96. The summed E-state index contributed by atoms with van der Waals surface area (Å²) >= 11 is 0. The summed E-state index contributed by atoms with van der Waals surface area (Å²) < 4.78 is 15.5. The predicted molar refractivity (Wildman–Crippen MR) is 102 cm³/mol. The monoisotopic (exact) mass is 412 g/mol. The summed E-state index contributed by atoms with van der Waals surface area (Å²) in [6, 6.07) is 10.1. The number of esters is 2. The second-order valence-electron chi connectivity index (χ2n) is 5.77. The summed E-state index contributed by atoms with van der Waals surface area (Å²) in [5, 5.41) is 21.3. The van der Waals surface area contributed by atoms with E-state index in [2.05, 4.69) is 15.4 Å². The van der Waals surface area contributed by atoms with E-state index in [1.54, 1.807) is 31.2 Å². The van der Waals surface area contributed by atoms with Gasteiger partial charge in [-0.15, -0.1) is 5.10 Å². The number of para-hydroxylation sites is 1. The Kier molecular flexibility index (Phi) is 6.01. The molecule has 3 aromatic rings. The van der Waals surface area contributed by atoms with Crippen LogP contribution in [0.25, 0.3) is 11.3 Å². The van der Waals surface area contributed by atoms with E-state index in [1.807, 2.05) is 0 Å². The molecule has 0 spiro atoms. The molecule has 0 amide bonds. The number of rotatable bonds is 7. The minimum atomic E-state index is -0.806. The van der Waals surface area contributed by atoms with Crippen LogP contribution in [0.3, 0.4) is 0 Å². The standard InChI is InChI=1S/C19H16N4O7/c1-3-29-19(25)17-16(20-22-21-17)12-6-4-5-7-14(12)30-15-9-8-11(23(26)27)10-13(15)18(24)28-2/h4-10H,3H2,1-2H3,(H,20,21,22). The summed E-state index contributed by atoms with van der Waals surface area (Å²) in [7, 11) is 1.15. The molecule has 0 radical (unpaired) electrons. The fourth-order valence-corrected chi connectivity index (χ4v) is 2.62. The second-order valence-corrected chi connectivity index (χ2v) is 5.77. The van der Waals surface area contributed by atoms with Gasteiger partial charge in [-0.05, 0) is 25.1 Å². The minimum absolute atomic E-state index is 0.0288. The Labute approximate surface area is 169 Å². The van der Waals surface area contributed by atoms with Gasteiger partial charge in [0.25, 0.3) is 5.69 Å². The molecule has 2 aromatic carbocycles. The second kappa shape index (κ2) is 8.82. The van der Waals surface area contributed by atoms with Gasteiger partial charge >= 0.3 is 11.9 Å². The first-order valence-electron chi connectivity index (χ1n) is 8.68. The number of carbonyl (C=O) groups is 2. The topological polar surface area (TPSA) is 147 Å². The van der Waals surface area contributed by atoms with Gasteiger partial charge in [0.15, 0.2) is 5.69 Å². The number of non-ortho nitro benzene ring substituents is 1. The molecule has 0 saturated carbocycles. The maximum absolute atomic E-state index is 12.1. The number of methoxy groups -OCH3 is 1. The zero-order valence-corrected chi connectivity index (χ0v) is 15.9. The number of nitro benzene ring substituents is 1. The highest BCUT2D eigenvalue weighted by atomic mass is 16.6. The molecule has 154 valence electrons. The van der Waals surface area contributed by atoms with Crippen molar-refractivity contribution in [1.29, 1.82) is 0 Å². The highest BCUT2D eigenvalue weighted by Gasteiger charge is 2.24. The third-order valence-corrected chi connectivity index (χ3v) is 3.96. The van der Waals surface area contributed by atoms with Gasteiger partial charge in [0.05, 0.1) is 18.6 Å². The molecular formula is C19H16N4O7. The zero-order valence-electron chi connectivity index (χ0n) is 15.9. The number of aromatic amines is 1. The highest BCUT2D eigenvalue weighted by molar-refractivity contribution is 5.95. The van der Waals surface area contributed by atoms with Gasteiger partial charge in [0, 0.05) is 17.7 Å². The Morgan fingerprint density at radius 2 is 1.87 bits per heavy atom. The van der Waals surface area contributed by atoms with Gasteiger partial charge in [0.1, 0.15) is 22.8 Å². The Balaban J connectivity index is 2.05. The summed E-state index contributed by atoms with van der Waals surface area (Å²) in [6.07, 6.45) is 0. The van der Waals surface area contributed by atoms with Crippen molar-refractivity contribution >= 4 is 17.6 Å². The lowest BCUT2D eigenvalue weighted by atomic mass is 10.1. The van der Waals surface area contributed by atoms with E-state index >= 15 is 0 Å². The Bertz CT molecular complexity index is 1110. The molecule has 1 N–H and O–H groups in total. The number of carbonyl (C=O) groups excluding carboxylic acids is 2. The van der Waals surface area contributed by atoms with Crippen molar-refractivity contribution in [3.8, 4) is 22.8 Å². The van der Waals surface area contributed by atoms with E-state index in [-0.39, 0.29) is 40.7 Å². The van der Waals surface area contributed by atoms with Crippen molar-refractivity contribution in [2.24, 2.45) is 0 Å². The number of nitrogens with zero attached hydrogens (tertiary/aromatic N) is 3. The smallest absolute Gasteiger partial charge is 0.361 e. The van der Waals surface area contributed by atoms with Crippen LogP contribution in [-0.2, 0) is 9.47 Å². The molecule has 3 rings (SSSR count). The van der Waals surface area contributed by atoms with Crippen molar-refractivity contribution in [3.05, 3.63) is 63.8 Å². The molecule has 30 heavy (non-hydrogen) atoms. The first-order valence-corrected chi connectivity index (χ1v) is 8.68. The van der Waals surface area contributed by atoms with Crippen LogP contribution < -0.4 is 4.74 Å². The molecule has 0 aliphatic heterocycles. The highest BCUT2D eigenvalue weighted by Crippen LogP contribution is 2.36. The fourth-order valence-electron chi connectivity index (χ4n) is 2.62. The van der Waals surface area contributed by atoms with Crippen LogP contribution >= 0.6 is 0 Å². The van der Waals surface area contributed by atoms with Gasteiger partial charge in [-0.2, -0.15) is 10.3 Å². The number of hydrogen-bond donors (Lipinski definition) is 1. The number of H-pyrrole nitrogens is 1. The molecule has 0 atom stereocenters. The molecule has 1 aromatic heterocycles. The van der Waals surface area contributed by atoms with Gasteiger partial charge in [-0.3, -0.25) is 10.1 Å². The molecule has 0 aliphatic carbocycles. The molecule has 0 aliphatic rings. The lowest BCUT2D eigenvalue weighted by Gasteiger charge is -2.13. The van der Waals surface area contributed by atoms with Gasteiger partial charge in [-0.25, -0.2) is 9.59 Å². The van der Waals surface area contributed by atoms with E-state index in [4.69, 9.17) is 14.2 Å². The number of nitro groups is 1. The molecule has 11 nitrogen and oxygen atoms in total. The predicted octanol–water partition coefficient (Wildman–Crippen LogP) is 3.14. The van der Waals surface area contributed by atoms with E-state index in [9.17, 15) is 19.7 Å². The SMILES string of the molecule is CCOC(=O)c1n[nH]nc1-c1ccccc1Oc1ccc([N+](=O)[O-])cc1C(=O)OC. The molecule has 0 fully saturated rings. The van der Waals surface area contributed by atoms with Crippen molar-refractivity contribution in [3.63, 3.8) is 0 Å². The molecule has 1 heterocycles. The van der Waals surface area contributed by atoms with Crippen molar-refractivity contribution < 1.29 is 28.7 Å². The minimum Gasteiger partial charge on any atom is -0.465 e. The van der Waals surface area contributed by atoms with Crippen LogP contribution in [0.1, 0.15) is 27.8 Å². The van der Waals surface area contributed by atoms with Crippen molar-refractivity contribution in [2.45, 2.75) is 6.92 Å². The lowest BCUT2D eigenvalue weighted by Crippen LogP contribution is -2.07. The van der Waals surface area contributed by atoms with Crippen molar-refractivity contribution in [2.75, 3.05) is 13.7 Å². The van der Waals surface area contributed by atoms with Gasteiger partial charge in [-0.1, -0.05) is 12.1 Å². The summed E-state index contributed by atoms with van der Waals surface area (Å²) in [6.45, 7) is 1.83. The average Bonchev–Trinajstić information content (AvgIpc) is 3.23. The molecule has 11 heteroatoms. The molecule has 0 bridgehead atoms. The van der Waals surface area contributed by atoms with E-state index in [1.165, 1.54) is 12.1 Å². The van der Waals surface area contributed by atoms with Crippen LogP contribution in [0.2, 0.25) is 0 Å². The number of benzene rings is 2. The van der Waals surface area contributed by atoms with Gasteiger partial charge < -0.3 is 14.2 Å². The van der Waals surface area contributed by atoms with Crippen LogP contribution in [0.4, 0.5) is 5.69 Å². The zero-order chi connectivity index (χ0) is 21.7. The summed E-state index contributed by atoms with van der Waals surface area (Å²) in [5.41, 5.74) is 0.114. The number of hydrogen-bond acceptors (Lipinski definition) is 9. The maximum Gasteiger partial charge on any atom is 0.361 e. The van der Waals surface area contributed by atoms with Gasteiger partial charge in [0.2, 0.25) is 0 Å². The first-order chi connectivity index (χ1) is 14.5. The largest absolute Gasteiger partial charge is 0.465 e. The molecule has 0 unspecified atom stereocenters. The first kappa shape index (κ1) is 20.5. The summed E-state index contributed by atoms with van der Waals surface area (Å²) in [4.78, 5) is 34.7. The fraction of sp³-hybridized carbons (Fsp3) is 0.158. The van der Waals surface area contributed by atoms with Crippen molar-refractivity contribution in [1.82, 2.24) is 15.4 Å². The number of nitrogens with one attached hydrogen (secondary N) is 1. The Morgan fingerprint density at radius 1 is 1.10 bits per heavy atom. The lowest BCUT2D eigenvalue weighted by molar-refractivity contribution is -0.384. The Hall–Kier alpha value is -4.28. The van der Waals surface area contributed by atoms with Crippen LogP contribution in [0.15, 0.2) is 42.5 Å². The quantitative estimate of drug-likeness (QED) is 0.351. The number of aromatic nitrogens is 3. The number of ether oxygens (including phenoxy) is 3. The molecular weight excluding hydrogens is 396 g/mol. The summed E-state index contributed by atoms with van der Waals surface area (Å²) in [5.74, 6) is -1.21. The van der Waals surface area contributed by atoms with Crippen LogP contribution in [0, 0.1) is 10.1 Å². The normalized spacial score (nSPS) is 10.3. The Morgan fingerprint density at radius 3 is 2.57 bits per heavy atom. The maximum atomic E-state index is 12.1. The van der Waals surface area contributed by atoms with Crippen LogP contribution in [0.5, 0.6) is 11.5 Å². The van der Waals surface area contributed by atoms with Crippen LogP contribution in [-0.4, -0.2) is 46.0 Å².